The standard InChI is InChI=1S/C18H11ClN4O2S/c19-12-6-2-4-8-14(12)24-10-16-22-23-17(20-21-18(23)26-16)15-9-11-5-1-3-7-13(11)25-15/h1-9H,10H2. The first-order chi connectivity index (χ1) is 12.8. The highest BCUT2D eigenvalue weighted by Crippen LogP contribution is 2.29. The van der Waals surface area contributed by atoms with Gasteiger partial charge in [0.15, 0.2) is 10.8 Å². The summed E-state index contributed by atoms with van der Waals surface area (Å²) in [4.78, 5) is 0.679. The molecule has 0 saturated carbocycles. The molecule has 128 valence electrons. The second kappa shape index (κ2) is 6.12. The third kappa shape index (κ3) is 2.61. The van der Waals surface area contributed by atoms with Gasteiger partial charge in [0.1, 0.15) is 17.9 Å². The summed E-state index contributed by atoms with van der Waals surface area (Å²) in [5.74, 6) is 1.82. The predicted octanol–water partition coefficient (Wildman–Crippen LogP) is 4.83. The number of benzene rings is 2. The molecule has 0 fully saturated rings. The highest BCUT2D eigenvalue weighted by Gasteiger charge is 2.17. The summed E-state index contributed by atoms with van der Waals surface area (Å²) < 4.78 is 13.3. The summed E-state index contributed by atoms with van der Waals surface area (Å²) in [6.45, 7) is 0.303. The van der Waals surface area contributed by atoms with Crippen molar-refractivity contribution in [3.63, 3.8) is 0 Å². The fraction of sp³-hybridized carbons (Fsp3) is 0.0556. The van der Waals surface area contributed by atoms with E-state index in [2.05, 4.69) is 15.3 Å². The third-order valence-corrected chi connectivity index (χ3v) is 5.05. The van der Waals surface area contributed by atoms with E-state index >= 15 is 0 Å². The number of hydrogen-bond donors (Lipinski definition) is 0. The van der Waals surface area contributed by atoms with Crippen molar-refractivity contribution >= 4 is 38.9 Å². The van der Waals surface area contributed by atoms with Crippen LogP contribution in [-0.4, -0.2) is 19.8 Å². The number of fused-ring (bicyclic) bond motifs is 2. The van der Waals surface area contributed by atoms with Gasteiger partial charge in [-0.25, -0.2) is 0 Å². The number of furan rings is 1. The maximum atomic E-state index is 6.11. The molecule has 6 nitrogen and oxygen atoms in total. The lowest BCUT2D eigenvalue weighted by atomic mass is 10.2. The molecular weight excluding hydrogens is 372 g/mol. The molecule has 0 aliphatic heterocycles. The topological polar surface area (TPSA) is 65.5 Å². The van der Waals surface area contributed by atoms with E-state index in [1.54, 1.807) is 10.6 Å². The molecular formula is C18H11ClN4O2S. The lowest BCUT2D eigenvalue weighted by Crippen LogP contribution is -1.97. The average molecular weight is 383 g/mol. The molecule has 0 unspecified atom stereocenters. The average Bonchev–Trinajstić information content (AvgIpc) is 3.34. The van der Waals surface area contributed by atoms with Gasteiger partial charge in [0, 0.05) is 5.39 Å². The highest BCUT2D eigenvalue weighted by atomic mass is 35.5. The van der Waals surface area contributed by atoms with E-state index in [9.17, 15) is 0 Å². The molecule has 2 aromatic carbocycles. The van der Waals surface area contributed by atoms with Crippen molar-refractivity contribution in [1.82, 2.24) is 19.8 Å². The number of halogens is 1. The number of para-hydroxylation sites is 2. The van der Waals surface area contributed by atoms with E-state index in [4.69, 9.17) is 20.8 Å². The molecule has 0 amide bonds. The second-order valence-electron chi connectivity index (χ2n) is 5.58. The Morgan fingerprint density at radius 1 is 1.08 bits per heavy atom. The summed E-state index contributed by atoms with van der Waals surface area (Å²) in [5, 5.41) is 15.3. The van der Waals surface area contributed by atoms with E-state index in [1.807, 2.05) is 48.5 Å². The van der Waals surface area contributed by atoms with Crippen LogP contribution in [0.4, 0.5) is 0 Å². The van der Waals surface area contributed by atoms with Crippen LogP contribution in [-0.2, 0) is 6.61 Å². The van der Waals surface area contributed by atoms with E-state index in [-0.39, 0.29) is 0 Å². The van der Waals surface area contributed by atoms with E-state index in [1.165, 1.54) is 11.3 Å². The normalized spacial score (nSPS) is 11.4. The van der Waals surface area contributed by atoms with Crippen LogP contribution >= 0.6 is 22.9 Å². The summed E-state index contributed by atoms with van der Waals surface area (Å²) >= 11 is 7.52. The van der Waals surface area contributed by atoms with Gasteiger partial charge in [-0.3, -0.25) is 0 Å². The summed E-state index contributed by atoms with van der Waals surface area (Å²) in [6.07, 6.45) is 0. The monoisotopic (exact) mass is 382 g/mol. The smallest absolute Gasteiger partial charge is 0.235 e. The van der Waals surface area contributed by atoms with Crippen LogP contribution in [0.2, 0.25) is 5.02 Å². The van der Waals surface area contributed by atoms with Crippen LogP contribution in [0.1, 0.15) is 5.01 Å². The molecule has 0 N–H and O–H groups in total. The van der Waals surface area contributed by atoms with E-state index in [0.29, 0.717) is 33.9 Å². The number of ether oxygens (including phenoxy) is 1. The summed E-state index contributed by atoms with van der Waals surface area (Å²) in [6, 6.07) is 17.1. The van der Waals surface area contributed by atoms with Gasteiger partial charge in [0.2, 0.25) is 10.8 Å². The van der Waals surface area contributed by atoms with Crippen LogP contribution in [0.3, 0.4) is 0 Å². The SMILES string of the molecule is Clc1ccccc1OCc1nn2c(-c3cc4ccccc4o3)nnc2s1. The number of rotatable bonds is 4. The van der Waals surface area contributed by atoms with Crippen molar-refractivity contribution < 1.29 is 9.15 Å². The Morgan fingerprint density at radius 3 is 2.81 bits per heavy atom. The quantitative estimate of drug-likeness (QED) is 0.445. The number of aromatic nitrogens is 4. The van der Waals surface area contributed by atoms with Gasteiger partial charge in [0.25, 0.3) is 0 Å². The van der Waals surface area contributed by atoms with Gasteiger partial charge in [-0.1, -0.05) is 53.3 Å². The summed E-state index contributed by atoms with van der Waals surface area (Å²) in [5.41, 5.74) is 0.803. The molecule has 3 aromatic heterocycles. The Morgan fingerprint density at radius 2 is 1.92 bits per heavy atom. The zero-order valence-corrected chi connectivity index (χ0v) is 14.9. The lowest BCUT2D eigenvalue weighted by molar-refractivity contribution is 0.304. The molecule has 8 heteroatoms. The third-order valence-electron chi connectivity index (χ3n) is 3.87. The predicted molar refractivity (Wildman–Crippen MR) is 99.7 cm³/mol. The molecule has 0 radical (unpaired) electrons. The summed E-state index contributed by atoms with van der Waals surface area (Å²) in [7, 11) is 0. The minimum atomic E-state index is 0.303. The van der Waals surface area contributed by atoms with Crippen molar-refractivity contribution in [3.05, 3.63) is 64.6 Å². The molecule has 26 heavy (non-hydrogen) atoms. The van der Waals surface area contributed by atoms with Crippen molar-refractivity contribution in [2.45, 2.75) is 6.61 Å². The maximum absolute atomic E-state index is 6.11. The fourth-order valence-corrected chi connectivity index (χ4v) is 3.60. The zero-order valence-electron chi connectivity index (χ0n) is 13.3. The molecule has 5 rings (SSSR count). The molecule has 0 bridgehead atoms. The first kappa shape index (κ1) is 15.4. The molecule has 0 saturated heterocycles. The Labute approximate surface area is 156 Å². The van der Waals surface area contributed by atoms with Gasteiger partial charge < -0.3 is 9.15 Å². The minimum Gasteiger partial charge on any atom is -0.485 e. The second-order valence-corrected chi connectivity index (χ2v) is 7.03. The van der Waals surface area contributed by atoms with Crippen LogP contribution < -0.4 is 4.74 Å². The Bertz CT molecular complexity index is 1190. The number of hydrogen-bond acceptors (Lipinski definition) is 6. The largest absolute Gasteiger partial charge is 0.485 e. The zero-order chi connectivity index (χ0) is 17.5. The maximum Gasteiger partial charge on any atom is 0.235 e. The van der Waals surface area contributed by atoms with Crippen LogP contribution in [0.5, 0.6) is 5.75 Å². The Balaban J connectivity index is 1.46. The molecule has 0 spiro atoms. The first-order valence-electron chi connectivity index (χ1n) is 7.85. The van der Waals surface area contributed by atoms with Gasteiger partial charge in [-0.15, -0.1) is 10.2 Å². The minimum absolute atomic E-state index is 0.303. The van der Waals surface area contributed by atoms with Gasteiger partial charge in [0.05, 0.1) is 5.02 Å². The lowest BCUT2D eigenvalue weighted by Gasteiger charge is -2.04. The van der Waals surface area contributed by atoms with E-state index < -0.39 is 0 Å². The first-order valence-corrected chi connectivity index (χ1v) is 9.05. The van der Waals surface area contributed by atoms with Crippen LogP contribution in [0.25, 0.3) is 27.5 Å². The highest BCUT2D eigenvalue weighted by molar-refractivity contribution is 7.16. The molecule has 3 heterocycles. The van der Waals surface area contributed by atoms with Crippen molar-refractivity contribution in [2.24, 2.45) is 0 Å². The Kier molecular flexibility index (Phi) is 3.62. The molecule has 0 aliphatic carbocycles. The van der Waals surface area contributed by atoms with Gasteiger partial charge in [-0.05, 0) is 24.3 Å². The fourth-order valence-electron chi connectivity index (χ4n) is 2.66. The van der Waals surface area contributed by atoms with Crippen LogP contribution in [0, 0.1) is 0 Å². The van der Waals surface area contributed by atoms with E-state index in [0.717, 1.165) is 16.0 Å². The molecule has 0 atom stereocenters. The molecule has 0 aliphatic rings. The molecule has 5 aromatic rings. The van der Waals surface area contributed by atoms with Gasteiger partial charge in [-0.2, -0.15) is 9.61 Å². The van der Waals surface area contributed by atoms with Gasteiger partial charge >= 0.3 is 0 Å². The van der Waals surface area contributed by atoms with Crippen LogP contribution in [0.15, 0.2) is 59.0 Å². The van der Waals surface area contributed by atoms with Crippen molar-refractivity contribution in [1.29, 1.82) is 0 Å². The van der Waals surface area contributed by atoms with Crippen molar-refractivity contribution in [3.8, 4) is 17.3 Å². The Hall–Kier alpha value is -2.90. The van der Waals surface area contributed by atoms with Crippen molar-refractivity contribution in [2.75, 3.05) is 0 Å². The number of nitrogens with zero attached hydrogens (tertiary/aromatic N) is 4.